The van der Waals surface area contributed by atoms with Crippen molar-refractivity contribution in [2.45, 2.75) is 56.1 Å². The summed E-state index contributed by atoms with van der Waals surface area (Å²) in [6.45, 7) is 3.05. The molecule has 11 heteroatoms. The van der Waals surface area contributed by atoms with Crippen molar-refractivity contribution >= 4 is 37.9 Å². The molecular weight excluding hydrogens is 607 g/mol. The van der Waals surface area contributed by atoms with E-state index in [1.165, 1.54) is 0 Å². The first-order chi connectivity index (χ1) is 21.8. The maximum Gasteiger partial charge on any atom is 0.225 e. The number of morpholine rings is 1. The predicted molar refractivity (Wildman–Crippen MR) is 176 cm³/mol. The summed E-state index contributed by atoms with van der Waals surface area (Å²) in [6, 6.07) is 21.0. The molecule has 2 aromatic carbocycles. The molecule has 0 radical (unpaired) electrons. The molecule has 2 aliphatic heterocycles. The first kappa shape index (κ1) is 30.2. The van der Waals surface area contributed by atoms with Gasteiger partial charge in [-0.1, -0.05) is 66.6 Å². The van der Waals surface area contributed by atoms with Gasteiger partial charge in [-0.2, -0.15) is 5.26 Å². The second kappa shape index (κ2) is 12.4. The molecule has 7 rings (SSSR count). The SMILES string of the molecule is N#CC1(NC(=O)[C@@H]2CCCC[C@H]2c2nc(N3CCOC(c4ccccc4)C3)sc2-c2ccc(N3CCS(=O)(=O)CC3)cc2)CC1. The second-order valence-electron chi connectivity index (χ2n) is 12.8. The zero-order chi connectivity index (χ0) is 31.0. The van der Waals surface area contributed by atoms with Gasteiger partial charge in [0, 0.05) is 37.2 Å². The molecule has 9 nitrogen and oxygen atoms in total. The lowest BCUT2D eigenvalue weighted by Crippen LogP contribution is -2.42. The minimum Gasteiger partial charge on any atom is -0.370 e. The van der Waals surface area contributed by atoms with Crippen molar-refractivity contribution in [3.05, 3.63) is 65.9 Å². The molecule has 2 saturated heterocycles. The minimum atomic E-state index is -2.96. The molecule has 1 amide bonds. The maximum atomic E-state index is 13.7. The van der Waals surface area contributed by atoms with Gasteiger partial charge in [0.25, 0.3) is 0 Å². The highest BCUT2D eigenvalue weighted by Crippen LogP contribution is 2.47. The number of nitrogens with zero attached hydrogens (tertiary/aromatic N) is 4. The van der Waals surface area contributed by atoms with Crippen molar-refractivity contribution in [3.63, 3.8) is 0 Å². The van der Waals surface area contributed by atoms with Gasteiger partial charge in [0.15, 0.2) is 15.0 Å². The van der Waals surface area contributed by atoms with E-state index >= 15 is 0 Å². The number of sulfone groups is 1. The molecule has 2 saturated carbocycles. The van der Waals surface area contributed by atoms with Crippen LogP contribution < -0.4 is 15.1 Å². The Balaban J connectivity index is 1.21. The lowest BCUT2D eigenvalue weighted by molar-refractivity contribution is -0.127. The highest BCUT2D eigenvalue weighted by molar-refractivity contribution is 7.91. The van der Waals surface area contributed by atoms with Gasteiger partial charge in [-0.15, -0.1) is 0 Å². The summed E-state index contributed by atoms with van der Waals surface area (Å²) in [5.41, 5.74) is 3.49. The summed E-state index contributed by atoms with van der Waals surface area (Å²) in [6.07, 6.45) is 5.08. The number of nitriles is 1. The molecule has 45 heavy (non-hydrogen) atoms. The predicted octanol–water partition coefficient (Wildman–Crippen LogP) is 5.07. The Labute approximate surface area is 269 Å². The van der Waals surface area contributed by atoms with Crippen LogP contribution in [0.15, 0.2) is 54.6 Å². The molecule has 4 aliphatic rings. The first-order valence-corrected chi connectivity index (χ1v) is 18.7. The molecule has 2 aliphatic carbocycles. The fraction of sp³-hybridized carbons (Fsp3) is 0.500. The normalized spacial score (nSPS) is 25.7. The maximum absolute atomic E-state index is 13.7. The van der Waals surface area contributed by atoms with E-state index in [2.05, 4.69) is 57.6 Å². The quantitative estimate of drug-likeness (QED) is 0.379. The molecular formula is C34H39N5O4S2. The molecule has 4 fully saturated rings. The molecule has 1 aromatic heterocycles. The Hall–Kier alpha value is -3.46. The van der Waals surface area contributed by atoms with Crippen molar-refractivity contribution < 1.29 is 17.9 Å². The third-order valence-corrected chi connectivity index (χ3v) is 12.6. The van der Waals surface area contributed by atoms with Crippen molar-refractivity contribution in [1.29, 1.82) is 5.26 Å². The highest BCUT2D eigenvalue weighted by Gasteiger charge is 2.47. The molecule has 0 spiro atoms. The summed E-state index contributed by atoms with van der Waals surface area (Å²) >= 11 is 1.68. The number of benzene rings is 2. The topological polar surface area (TPSA) is 116 Å². The average molecular weight is 646 g/mol. The third-order valence-electron chi connectivity index (χ3n) is 9.77. The highest BCUT2D eigenvalue weighted by atomic mass is 32.2. The van der Waals surface area contributed by atoms with Crippen LogP contribution in [0.25, 0.3) is 10.4 Å². The van der Waals surface area contributed by atoms with Gasteiger partial charge in [-0.05, 0) is 48.9 Å². The third kappa shape index (κ3) is 6.46. The number of thiazole rings is 1. The van der Waals surface area contributed by atoms with E-state index in [1.807, 2.05) is 18.2 Å². The number of carbonyl (C=O) groups is 1. The van der Waals surface area contributed by atoms with E-state index in [0.29, 0.717) is 39.1 Å². The van der Waals surface area contributed by atoms with Crippen LogP contribution in [0.4, 0.5) is 10.8 Å². The van der Waals surface area contributed by atoms with Gasteiger partial charge in [0.05, 0.1) is 41.3 Å². The van der Waals surface area contributed by atoms with Crippen LogP contribution in [0.1, 0.15) is 61.8 Å². The summed E-state index contributed by atoms with van der Waals surface area (Å²) in [7, 11) is -2.96. The van der Waals surface area contributed by atoms with E-state index in [9.17, 15) is 18.5 Å². The van der Waals surface area contributed by atoms with E-state index in [-0.39, 0.29) is 35.4 Å². The standard InChI is InChI=1S/C34H39N5O4S2/c35-23-34(14-15-34)37-32(40)28-9-5-4-8-27(28)30-31(25-10-12-26(13-11-25)38-17-20-45(41,42)21-18-38)44-33(36-30)39-16-19-43-29(22-39)24-6-2-1-3-7-24/h1-3,6-7,10-13,27-29H,4-5,8-9,14-22H2,(H,37,40)/t27-,28-,29?/m1/s1. The van der Waals surface area contributed by atoms with Crippen molar-refractivity contribution in [3.8, 4) is 16.5 Å². The summed E-state index contributed by atoms with van der Waals surface area (Å²) in [5, 5.41) is 13.7. The molecule has 0 bridgehead atoms. The Morgan fingerprint density at radius 3 is 2.44 bits per heavy atom. The second-order valence-corrected chi connectivity index (χ2v) is 16.1. The van der Waals surface area contributed by atoms with Crippen LogP contribution in [-0.4, -0.2) is 69.1 Å². The fourth-order valence-corrected chi connectivity index (χ4v) is 9.27. The number of hydrogen-bond donors (Lipinski definition) is 1. The number of nitrogens with one attached hydrogen (secondary N) is 1. The molecule has 3 aromatic rings. The number of aromatic nitrogens is 1. The van der Waals surface area contributed by atoms with Gasteiger partial charge in [0.1, 0.15) is 11.6 Å². The zero-order valence-corrected chi connectivity index (χ0v) is 27.0. The number of hydrogen-bond acceptors (Lipinski definition) is 9. The van der Waals surface area contributed by atoms with Gasteiger partial charge in [-0.3, -0.25) is 4.79 Å². The van der Waals surface area contributed by atoms with E-state index in [0.717, 1.165) is 64.7 Å². The van der Waals surface area contributed by atoms with Crippen molar-refractivity contribution in [1.82, 2.24) is 10.3 Å². The number of amides is 1. The van der Waals surface area contributed by atoms with Gasteiger partial charge in [-0.25, -0.2) is 13.4 Å². The Morgan fingerprint density at radius 1 is 1.00 bits per heavy atom. The lowest BCUT2D eigenvalue weighted by atomic mass is 9.76. The van der Waals surface area contributed by atoms with Crippen molar-refractivity contribution in [2.75, 3.05) is 54.1 Å². The van der Waals surface area contributed by atoms with Gasteiger partial charge in [0.2, 0.25) is 5.91 Å². The monoisotopic (exact) mass is 645 g/mol. The molecule has 236 valence electrons. The van der Waals surface area contributed by atoms with Crippen molar-refractivity contribution in [2.24, 2.45) is 5.92 Å². The molecule has 3 atom stereocenters. The Morgan fingerprint density at radius 2 is 1.73 bits per heavy atom. The first-order valence-electron chi connectivity index (χ1n) is 16.0. The smallest absolute Gasteiger partial charge is 0.225 e. The van der Waals surface area contributed by atoms with E-state index in [1.54, 1.807) is 11.3 Å². The van der Waals surface area contributed by atoms with Crippen LogP contribution >= 0.6 is 11.3 Å². The summed E-state index contributed by atoms with van der Waals surface area (Å²) in [5.74, 6) is 0.0727. The lowest BCUT2D eigenvalue weighted by Gasteiger charge is -2.33. The number of rotatable bonds is 7. The largest absolute Gasteiger partial charge is 0.370 e. The molecule has 3 heterocycles. The average Bonchev–Trinajstić information content (AvgIpc) is 3.71. The van der Waals surface area contributed by atoms with Crippen LogP contribution in [0.2, 0.25) is 0 Å². The minimum absolute atomic E-state index is 0.0230. The van der Waals surface area contributed by atoms with Crippen LogP contribution in [0, 0.1) is 17.2 Å². The van der Waals surface area contributed by atoms with E-state index < -0.39 is 15.4 Å². The van der Waals surface area contributed by atoms with Crippen LogP contribution in [0.3, 0.4) is 0 Å². The number of anilines is 2. The number of ether oxygens (including phenoxy) is 1. The fourth-order valence-electron chi connectivity index (χ4n) is 6.89. The number of carbonyl (C=O) groups excluding carboxylic acids is 1. The van der Waals surface area contributed by atoms with Gasteiger partial charge < -0.3 is 19.9 Å². The summed E-state index contributed by atoms with van der Waals surface area (Å²) in [4.78, 5) is 24.5. The Kier molecular flexibility index (Phi) is 8.31. The molecule has 1 N–H and O–H groups in total. The van der Waals surface area contributed by atoms with E-state index in [4.69, 9.17) is 9.72 Å². The van der Waals surface area contributed by atoms with Crippen LogP contribution in [-0.2, 0) is 19.4 Å². The molecule has 1 unspecified atom stereocenters. The summed E-state index contributed by atoms with van der Waals surface area (Å²) < 4.78 is 30.1. The zero-order valence-electron chi connectivity index (χ0n) is 25.4. The Bertz CT molecular complexity index is 1670. The van der Waals surface area contributed by atoms with Gasteiger partial charge >= 0.3 is 0 Å². The van der Waals surface area contributed by atoms with Crippen LogP contribution in [0.5, 0.6) is 0 Å².